The van der Waals surface area contributed by atoms with Crippen molar-refractivity contribution in [1.82, 2.24) is 24.5 Å². The highest BCUT2D eigenvalue weighted by molar-refractivity contribution is 5.91. The van der Waals surface area contributed by atoms with E-state index in [1.807, 2.05) is 27.7 Å². The van der Waals surface area contributed by atoms with E-state index in [0.29, 0.717) is 47.8 Å². The van der Waals surface area contributed by atoms with E-state index in [9.17, 15) is 4.79 Å². The molecule has 0 saturated carbocycles. The van der Waals surface area contributed by atoms with Crippen molar-refractivity contribution in [2.45, 2.75) is 18.9 Å². The third-order valence-corrected chi connectivity index (χ3v) is 6.01. The average Bonchev–Trinajstić information content (AvgIpc) is 3.63. The van der Waals surface area contributed by atoms with E-state index in [2.05, 4.69) is 20.3 Å². The van der Waals surface area contributed by atoms with Gasteiger partial charge in [-0.2, -0.15) is 4.98 Å². The van der Waals surface area contributed by atoms with Crippen LogP contribution in [0.5, 0.6) is 17.2 Å². The predicted octanol–water partition coefficient (Wildman–Crippen LogP) is 2.37. The maximum atomic E-state index is 12.0. The second-order valence-electron chi connectivity index (χ2n) is 8.04. The number of carbonyl (C=O) groups is 1. The molecular weight excluding hydrogens is 452 g/mol. The summed E-state index contributed by atoms with van der Waals surface area (Å²) in [7, 11) is 4.69. The van der Waals surface area contributed by atoms with Crippen molar-refractivity contribution in [3.63, 3.8) is 0 Å². The molecule has 3 aromatic heterocycles. The molecule has 1 fully saturated rings. The monoisotopic (exact) mass is 478 g/mol. The molecule has 1 amide bonds. The smallest absolute Gasteiger partial charge is 0.240 e. The van der Waals surface area contributed by atoms with Crippen molar-refractivity contribution in [2.75, 3.05) is 38.1 Å². The van der Waals surface area contributed by atoms with Gasteiger partial charge in [-0.25, -0.2) is 9.97 Å². The van der Waals surface area contributed by atoms with E-state index in [1.165, 1.54) is 0 Å². The fraction of sp³-hybridized carbons (Fsp3) is 0.304. The van der Waals surface area contributed by atoms with Crippen molar-refractivity contribution in [2.24, 2.45) is 5.73 Å². The molecule has 4 N–H and O–H groups in total. The molecule has 12 nitrogen and oxygen atoms in total. The number of rotatable bonds is 8. The second-order valence-corrected chi connectivity index (χ2v) is 8.04. The van der Waals surface area contributed by atoms with Gasteiger partial charge in [0.2, 0.25) is 17.6 Å². The van der Waals surface area contributed by atoms with Gasteiger partial charge in [0.1, 0.15) is 17.9 Å². The Hall–Kier alpha value is -4.48. The summed E-state index contributed by atoms with van der Waals surface area (Å²) in [6.45, 7) is 0.688. The van der Waals surface area contributed by atoms with Crippen molar-refractivity contribution in [1.29, 1.82) is 0 Å². The molecule has 0 aliphatic carbocycles. The topological polar surface area (TPSA) is 145 Å². The number of primary amides is 1. The van der Waals surface area contributed by atoms with Crippen molar-refractivity contribution in [3.05, 3.63) is 36.9 Å². The van der Waals surface area contributed by atoms with Gasteiger partial charge in [-0.15, -0.1) is 0 Å². The summed E-state index contributed by atoms with van der Waals surface area (Å²) in [5.74, 6) is 2.74. The third-order valence-electron chi connectivity index (χ3n) is 6.01. The number of hydrogen-bond donors (Lipinski definition) is 3. The fourth-order valence-corrected chi connectivity index (χ4v) is 4.37. The van der Waals surface area contributed by atoms with Crippen molar-refractivity contribution < 1.29 is 19.0 Å². The zero-order chi connectivity index (χ0) is 24.5. The molecule has 12 heteroatoms. The summed E-state index contributed by atoms with van der Waals surface area (Å²) >= 11 is 0. The van der Waals surface area contributed by atoms with E-state index in [-0.39, 0.29) is 5.91 Å². The second kappa shape index (κ2) is 9.05. The van der Waals surface area contributed by atoms with E-state index in [4.69, 9.17) is 24.9 Å². The van der Waals surface area contributed by atoms with Gasteiger partial charge in [0, 0.05) is 24.9 Å². The van der Waals surface area contributed by atoms with E-state index < -0.39 is 6.04 Å². The first-order valence-electron chi connectivity index (χ1n) is 11.0. The summed E-state index contributed by atoms with van der Waals surface area (Å²) in [5.41, 5.74) is 7.88. The van der Waals surface area contributed by atoms with Crippen LogP contribution in [0, 0.1) is 0 Å². The van der Waals surface area contributed by atoms with Gasteiger partial charge in [0.25, 0.3) is 0 Å². The first-order valence-corrected chi connectivity index (χ1v) is 11.0. The van der Waals surface area contributed by atoms with Gasteiger partial charge in [0.15, 0.2) is 23.1 Å². The van der Waals surface area contributed by atoms with Gasteiger partial charge < -0.3 is 39.7 Å². The van der Waals surface area contributed by atoms with Gasteiger partial charge in [-0.1, -0.05) is 0 Å². The molecule has 4 aromatic rings. The largest absolute Gasteiger partial charge is 0.493 e. The molecule has 0 radical (unpaired) electrons. The Morgan fingerprint density at radius 2 is 1.94 bits per heavy atom. The number of fused-ring (bicyclic) bond motifs is 1. The first kappa shape index (κ1) is 22.3. The SMILES string of the molecule is COc1cc(-n2cnc(Nc3nc(N4CCCC4C(N)=O)c4[nH]ccc4n3)c2)cc(OC)c1OC. The molecule has 1 atom stereocenters. The van der Waals surface area contributed by atoms with Crippen LogP contribution >= 0.6 is 0 Å². The van der Waals surface area contributed by atoms with Gasteiger partial charge >= 0.3 is 0 Å². The third kappa shape index (κ3) is 4.03. The molecule has 5 rings (SSSR count). The van der Waals surface area contributed by atoms with Gasteiger partial charge in [-0.05, 0) is 18.9 Å². The van der Waals surface area contributed by atoms with Crippen LogP contribution in [0.4, 0.5) is 17.6 Å². The van der Waals surface area contributed by atoms with Crippen molar-refractivity contribution >= 4 is 34.5 Å². The number of imidazole rings is 1. The van der Waals surface area contributed by atoms with Crippen LogP contribution in [0.2, 0.25) is 0 Å². The number of hydrogen-bond acceptors (Lipinski definition) is 9. The zero-order valence-electron chi connectivity index (χ0n) is 19.6. The number of benzene rings is 1. The standard InChI is InChI=1S/C23H26N8O4/c1-33-16-9-13(10-17(34-2)20(16)35-3)30-11-18(26-12-30)28-23-27-14-6-7-25-19(14)22(29-23)31-8-4-5-15(31)21(24)32/h6-7,9-12,15,25H,4-5,8H2,1-3H3,(H2,24,32)(H,27,28,29). The number of carbonyl (C=O) groups excluding carboxylic acids is 1. The van der Waals surface area contributed by atoms with Gasteiger partial charge in [-0.3, -0.25) is 4.79 Å². The Bertz CT molecular complexity index is 1360. The molecule has 1 aliphatic heterocycles. The van der Waals surface area contributed by atoms with Crippen molar-refractivity contribution in [3.8, 4) is 22.9 Å². The van der Waals surface area contributed by atoms with Crippen LogP contribution in [0.3, 0.4) is 0 Å². The van der Waals surface area contributed by atoms with E-state index in [1.54, 1.807) is 40.1 Å². The number of aromatic amines is 1. The quantitative estimate of drug-likeness (QED) is 0.347. The van der Waals surface area contributed by atoms with Crippen LogP contribution in [-0.2, 0) is 4.79 Å². The highest BCUT2D eigenvalue weighted by Gasteiger charge is 2.32. The molecule has 182 valence electrons. The summed E-state index contributed by atoms with van der Waals surface area (Å²) < 4.78 is 18.1. The number of anilines is 3. The van der Waals surface area contributed by atoms with Crippen LogP contribution < -0.4 is 30.2 Å². The van der Waals surface area contributed by atoms with Crippen LogP contribution in [0.25, 0.3) is 16.7 Å². The lowest BCUT2D eigenvalue weighted by molar-refractivity contribution is -0.119. The number of aromatic nitrogens is 5. The zero-order valence-corrected chi connectivity index (χ0v) is 19.6. The molecule has 1 aliphatic rings. The number of amides is 1. The van der Waals surface area contributed by atoms with E-state index in [0.717, 1.165) is 23.1 Å². The van der Waals surface area contributed by atoms with Crippen LogP contribution in [0.15, 0.2) is 36.9 Å². The molecule has 4 heterocycles. The lowest BCUT2D eigenvalue weighted by Crippen LogP contribution is -2.41. The number of ether oxygens (including phenoxy) is 3. The predicted molar refractivity (Wildman–Crippen MR) is 130 cm³/mol. The summed E-state index contributed by atoms with van der Waals surface area (Å²) in [6.07, 6.45) is 6.81. The van der Waals surface area contributed by atoms with Crippen LogP contribution in [0.1, 0.15) is 12.8 Å². The highest BCUT2D eigenvalue weighted by atomic mass is 16.5. The Morgan fingerprint density at radius 1 is 1.17 bits per heavy atom. The Kier molecular flexibility index (Phi) is 5.77. The minimum absolute atomic E-state index is 0.359. The minimum atomic E-state index is -0.400. The molecule has 0 bridgehead atoms. The lowest BCUT2D eigenvalue weighted by atomic mass is 10.2. The molecule has 1 unspecified atom stereocenters. The molecule has 1 aromatic carbocycles. The average molecular weight is 479 g/mol. The van der Waals surface area contributed by atoms with Gasteiger partial charge in [0.05, 0.1) is 38.7 Å². The number of H-pyrrole nitrogens is 1. The minimum Gasteiger partial charge on any atom is -0.493 e. The fourth-order valence-electron chi connectivity index (χ4n) is 4.37. The molecular formula is C23H26N8O4. The van der Waals surface area contributed by atoms with Crippen LogP contribution in [-0.4, -0.2) is 64.3 Å². The number of methoxy groups -OCH3 is 3. The highest BCUT2D eigenvalue weighted by Crippen LogP contribution is 2.39. The number of nitrogens with zero attached hydrogens (tertiary/aromatic N) is 5. The molecule has 1 saturated heterocycles. The molecule has 0 spiro atoms. The lowest BCUT2D eigenvalue weighted by Gasteiger charge is -2.24. The Morgan fingerprint density at radius 3 is 2.63 bits per heavy atom. The Balaban J connectivity index is 1.47. The number of nitrogens with two attached hydrogens (primary N) is 1. The Labute approximate surface area is 201 Å². The summed E-state index contributed by atoms with van der Waals surface area (Å²) in [5, 5.41) is 3.17. The normalized spacial score (nSPS) is 15.4. The first-order chi connectivity index (χ1) is 17.0. The maximum Gasteiger partial charge on any atom is 0.240 e. The summed E-state index contributed by atoms with van der Waals surface area (Å²) in [6, 6.07) is 5.11. The van der Waals surface area contributed by atoms with E-state index >= 15 is 0 Å². The summed E-state index contributed by atoms with van der Waals surface area (Å²) in [4.78, 5) is 30.8. The maximum absolute atomic E-state index is 12.0. The number of nitrogens with one attached hydrogen (secondary N) is 2. The molecule has 35 heavy (non-hydrogen) atoms.